The number of hydrogen-bond donors (Lipinski definition) is 2. The molecule has 6 heteroatoms. The van der Waals surface area contributed by atoms with Crippen LogP contribution < -0.4 is 5.32 Å². The molecule has 1 heterocycles. The van der Waals surface area contributed by atoms with E-state index >= 15 is 0 Å². The number of halogens is 1. The zero-order valence-corrected chi connectivity index (χ0v) is 12.1. The molecule has 2 aromatic rings. The number of nitrogens with zero attached hydrogens (tertiary/aromatic N) is 1. The molecular weight excluding hydrogens is 324 g/mol. The second kappa shape index (κ2) is 5.83. The SMILES string of the molecule is Cc1c(Br)cccc1NC(=O)c1ncccc1C(=O)O. The summed E-state index contributed by atoms with van der Waals surface area (Å²) in [6.07, 6.45) is 1.38. The second-order valence-electron chi connectivity index (χ2n) is 4.07. The van der Waals surface area contributed by atoms with Gasteiger partial charge in [-0.3, -0.25) is 9.78 Å². The molecule has 0 unspecified atom stereocenters. The fourth-order valence-electron chi connectivity index (χ4n) is 1.68. The van der Waals surface area contributed by atoms with Crippen molar-refractivity contribution in [3.63, 3.8) is 0 Å². The first-order valence-corrected chi connectivity index (χ1v) is 6.55. The Labute approximate surface area is 123 Å². The van der Waals surface area contributed by atoms with Crippen LogP contribution in [0.3, 0.4) is 0 Å². The van der Waals surface area contributed by atoms with E-state index in [9.17, 15) is 9.59 Å². The van der Waals surface area contributed by atoms with Gasteiger partial charge in [0.1, 0.15) is 5.69 Å². The van der Waals surface area contributed by atoms with E-state index in [2.05, 4.69) is 26.2 Å². The van der Waals surface area contributed by atoms with E-state index in [1.165, 1.54) is 18.3 Å². The van der Waals surface area contributed by atoms with E-state index in [0.29, 0.717) is 5.69 Å². The molecule has 2 rings (SSSR count). The lowest BCUT2D eigenvalue weighted by Gasteiger charge is -2.10. The van der Waals surface area contributed by atoms with Gasteiger partial charge in [0.2, 0.25) is 0 Å². The largest absolute Gasteiger partial charge is 0.478 e. The van der Waals surface area contributed by atoms with Gasteiger partial charge in [-0.2, -0.15) is 0 Å². The van der Waals surface area contributed by atoms with Gasteiger partial charge in [0, 0.05) is 16.4 Å². The van der Waals surface area contributed by atoms with E-state index in [1.807, 2.05) is 13.0 Å². The molecule has 1 amide bonds. The maximum absolute atomic E-state index is 12.2. The molecule has 0 bridgehead atoms. The van der Waals surface area contributed by atoms with Crippen LogP contribution in [0, 0.1) is 6.92 Å². The summed E-state index contributed by atoms with van der Waals surface area (Å²) in [5, 5.41) is 11.7. The van der Waals surface area contributed by atoms with E-state index in [4.69, 9.17) is 5.11 Å². The van der Waals surface area contributed by atoms with Gasteiger partial charge < -0.3 is 10.4 Å². The first kappa shape index (κ1) is 14.2. The minimum Gasteiger partial charge on any atom is -0.478 e. The third-order valence-corrected chi connectivity index (χ3v) is 3.63. The van der Waals surface area contributed by atoms with Crippen molar-refractivity contribution in [2.45, 2.75) is 6.92 Å². The van der Waals surface area contributed by atoms with Gasteiger partial charge in [0.05, 0.1) is 5.56 Å². The molecule has 1 aromatic heterocycles. The van der Waals surface area contributed by atoms with Gasteiger partial charge >= 0.3 is 5.97 Å². The van der Waals surface area contributed by atoms with Crippen LogP contribution in [0.2, 0.25) is 0 Å². The van der Waals surface area contributed by atoms with Crippen LogP contribution in [0.25, 0.3) is 0 Å². The predicted molar refractivity (Wildman–Crippen MR) is 78.0 cm³/mol. The van der Waals surface area contributed by atoms with Crippen molar-refractivity contribution in [2.75, 3.05) is 5.32 Å². The van der Waals surface area contributed by atoms with Crippen LogP contribution in [0.4, 0.5) is 5.69 Å². The number of rotatable bonds is 3. The highest BCUT2D eigenvalue weighted by Crippen LogP contribution is 2.24. The zero-order chi connectivity index (χ0) is 14.7. The number of benzene rings is 1. The third-order valence-electron chi connectivity index (χ3n) is 2.77. The fraction of sp³-hybridized carbons (Fsp3) is 0.0714. The number of hydrogen-bond acceptors (Lipinski definition) is 3. The van der Waals surface area contributed by atoms with Crippen molar-refractivity contribution in [3.8, 4) is 0 Å². The lowest BCUT2D eigenvalue weighted by Crippen LogP contribution is -2.18. The molecule has 0 fully saturated rings. The Morgan fingerprint density at radius 2 is 2.00 bits per heavy atom. The standard InChI is InChI=1S/C14H11BrN2O3/c1-8-10(15)5-2-6-11(8)17-13(18)12-9(14(19)20)4-3-7-16-12/h2-7H,1H3,(H,17,18)(H,19,20). The van der Waals surface area contributed by atoms with Crippen molar-refractivity contribution in [1.29, 1.82) is 0 Å². The lowest BCUT2D eigenvalue weighted by atomic mass is 10.1. The van der Waals surface area contributed by atoms with Crippen LogP contribution in [0.5, 0.6) is 0 Å². The fourth-order valence-corrected chi connectivity index (χ4v) is 2.05. The number of carboxylic acids is 1. The van der Waals surface area contributed by atoms with Crippen molar-refractivity contribution in [1.82, 2.24) is 4.98 Å². The Hall–Kier alpha value is -2.21. The van der Waals surface area contributed by atoms with Crippen LogP contribution in [0.1, 0.15) is 26.4 Å². The summed E-state index contributed by atoms with van der Waals surface area (Å²) in [5.74, 6) is -1.74. The number of carbonyl (C=O) groups is 2. The summed E-state index contributed by atoms with van der Waals surface area (Å²) >= 11 is 3.37. The van der Waals surface area contributed by atoms with Crippen LogP contribution >= 0.6 is 15.9 Å². The molecule has 1 aromatic carbocycles. The molecule has 0 aliphatic rings. The molecule has 20 heavy (non-hydrogen) atoms. The minimum atomic E-state index is -1.19. The smallest absolute Gasteiger partial charge is 0.338 e. The number of aromatic nitrogens is 1. The Bertz CT molecular complexity index is 686. The highest BCUT2D eigenvalue weighted by Gasteiger charge is 2.18. The van der Waals surface area contributed by atoms with Gasteiger partial charge in [0.15, 0.2) is 0 Å². The van der Waals surface area contributed by atoms with E-state index in [1.54, 1.807) is 12.1 Å². The molecule has 0 aliphatic carbocycles. The molecular formula is C14H11BrN2O3. The van der Waals surface area contributed by atoms with Crippen molar-refractivity contribution in [3.05, 3.63) is 57.8 Å². The minimum absolute atomic E-state index is 0.112. The van der Waals surface area contributed by atoms with Crippen LogP contribution in [-0.4, -0.2) is 22.0 Å². The molecule has 0 spiro atoms. The van der Waals surface area contributed by atoms with E-state index in [-0.39, 0.29) is 11.3 Å². The third kappa shape index (κ3) is 2.85. The number of amides is 1. The summed E-state index contributed by atoms with van der Waals surface area (Å²) in [7, 11) is 0. The topological polar surface area (TPSA) is 79.3 Å². The molecule has 0 aliphatic heterocycles. The zero-order valence-electron chi connectivity index (χ0n) is 10.6. The van der Waals surface area contributed by atoms with E-state index in [0.717, 1.165) is 10.0 Å². The lowest BCUT2D eigenvalue weighted by molar-refractivity contribution is 0.0691. The molecule has 0 saturated carbocycles. The van der Waals surface area contributed by atoms with Crippen molar-refractivity contribution < 1.29 is 14.7 Å². The Balaban J connectivity index is 2.34. The molecule has 102 valence electrons. The average molecular weight is 335 g/mol. The van der Waals surface area contributed by atoms with E-state index < -0.39 is 11.9 Å². The van der Waals surface area contributed by atoms with Gasteiger partial charge in [0.25, 0.3) is 5.91 Å². The van der Waals surface area contributed by atoms with Gasteiger partial charge in [-0.05, 0) is 36.8 Å². The summed E-state index contributed by atoms with van der Waals surface area (Å²) in [5.41, 5.74) is 1.22. The maximum Gasteiger partial charge on any atom is 0.338 e. The Morgan fingerprint density at radius 3 is 2.70 bits per heavy atom. The van der Waals surface area contributed by atoms with Crippen molar-refractivity contribution >= 4 is 33.5 Å². The molecule has 0 radical (unpaired) electrons. The van der Waals surface area contributed by atoms with Gasteiger partial charge in [-0.25, -0.2) is 4.79 Å². The first-order chi connectivity index (χ1) is 9.50. The number of nitrogens with one attached hydrogen (secondary N) is 1. The van der Waals surface area contributed by atoms with Crippen LogP contribution in [0.15, 0.2) is 41.0 Å². The first-order valence-electron chi connectivity index (χ1n) is 5.75. The number of carbonyl (C=O) groups excluding carboxylic acids is 1. The molecule has 0 atom stereocenters. The highest BCUT2D eigenvalue weighted by molar-refractivity contribution is 9.10. The predicted octanol–water partition coefficient (Wildman–Crippen LogP) is 3.10. The normalized spacial score (nSPS) is 10.1. The van der Waals surface area contributed by atoms with Crippen LogP contribution in [-0.2, 0) is 0 Å². The highest BCUT2D eigenvalue weighted by atomic mass is 79.9. The second-order valence-corrected chi connectivity index (χ2v) is 4.93. The monoisotopic (exact) mass is 334 g/mol. The quantitative estimate of drug-likeness (QED) is 0.903. The van der Waals surface area contributed by atoms with Crippen molar-refractivity contribution in [2.24, 2.45) is 0 Å². The Morgan fingerprint density at radius 1 is 1.25 bits per heavy atom. The summed E-state index contributed by atoms with van der Waals surface area (Å²) in [6, 6.07) is 8.20. The van der Waals surface area contributed by atoms with Gasteiger partial charge in [-0.15, -0.1) is 0 Å². The van der Waals surface area contributed by atoms with Gasteiger partial charge in [-0.1, -0.05) is 22.0 Å². The number of carboxylic acid groups (broad SMARTS) is 1. The number of pyridine rings is 1. The molecule has 0 saturated heterocycles. The molecule has 5 nitrogen and oxygen atoms in total. The summed E-state index contributed by atoms with van der Waals surface area (Å²) < 4.78 is 0.856. The number of aromatic carboxylic acids is 1. The average Bonchev–Trinajstić information content (AvgIpc) is 2.43. The maximum atomic E-state index is 12.2. The Kier molecular flexibility index (Phi) is 4.14. The number of anilines is 1. The summed E-state index contributed by atoms with van der Waals surface area (Å²) in [6.45, 7) is 1.84. The molecule has 2 N–H and O–H groups in total. The summed E-state index contributed by atoms with van der Waals surface area (Å²) in [4.78, 5) is 27.1.